The lowest BCUT2D eigenvalue weighted by Gasteiger charge is -2.29. The number of nitrogens with two attached hydrogens (primary N) is 1. The maximum absolute atomic E-state index is 10.9. The summed E-state index contributed by atoms with van der Waals surface area (Å²) < 4.78 is 5.20. The van der Waals surface area contributed by atoms with Crippen molar-refractivity contribution in [2.24, 2.45) is 0 Å². The van der Waals surface area contributed by atoms with E-state index in [4.69, 9.17) is 15.7 Å². The fraction of sp³-hybridized carbons (Fsp3) is 0.500. The molecule has 20 heavy (non-hydrogen) atoms. The average Bonchev–Trinajstić information content (AvgIpc) is 2.42. The number of nitrogens with zero attached hydrogens (tertiary/aromatic N) is 2. The van der Waals surface area contributed by atoms with E-state index in [1.165, 1.54) is 13.1 Å². The Morgan fingerprint density at radius 1 is 1.50 bits per heavy atom. The first-order valence-corrected chi connectivity index (χ1v) is 6.68. The van der Waals surface area contributed by atoms with Crippen LogP contribution in [0.5, 0.6) is 0 Å². The molecule has 6 heteroatoms. The van der Waals surface area contributed by atoms with Crippen molar-refractivity contribution < 1.29 is 9.53 Å². The van der Waals surface area contributed by atoms with Crippen molar-refractivity contribution in [1.29, 1.82) is 5.26 Å². The second kappa shape index (κ2) is 6.24. The van der Waals surface area contributed by atoms with E-state index in [1.807, 2.05) is 6.07 Å². The molecule has 1 aromatic rings. The van der Waals surface area contributed by atoms with Gasteiger partial charge < -0.3 is 15.8 Å². The van der Waals surface area contributed by atoms with Crippen molar-refractivity contribution in [2.45, 2.75) is 44.8 Å². The monoisotopic (exact) mass is 274 g/mol. The molecule has 1 aromatic heterocycles. The van der Waals surface area contributed by atoms with Crippen LogP contribution in [0.2, 0.25) is 0 Å². The van der Waals surface area contributed by atoms with Crippen LogP contribution in [-0.4, -0.2) is 23.1 Å². The number of hydrogen-bond donors (Lipinski definition) is 2. The second-order valence-electron chi connectivity index (χ2n) is 5.00. The summed E-state index contributed by atoms with van der Waals surface area (Å²) in [5, 5.41) is 12.1. The molecule has 3 N–H and O–H groups in total. The number of anilines is 2. The summed E-state index contributed by atoms with van der Waals surface area (Å²) in [5.74, 6) is 0.388. The van der Waals surface area contributed by atoms with E-state index < -0.39 is 0 Å². The standard InChI is InChI=1S/C14H18N4O2/c1-9(19)20-12-4-2-11(3-5-12)18-14-13(16)6-10(7-15)8-17-14/h6,8,11-12H,2-5,16H2,1H3,(H,17,18)/t11-,12-. The number of carbonyl (C=O) groups excluding carboxylic acids is 1. The summed E-state index contributed by atoms with van der Waals surface area (Å²) in [6, 6.07) is 3.88. The minimum Gasteiger partial charge on any atom is -0.463 e. The number of rotatable bonds is 3. The lowest BCUT2D eigenvalue weighted by molar-refractivity contribution is -0.147. The van der Waals surface area contributed by atoms with Crippen LogP contribution in [0.3, 0.4) is 0 Å². The van der Waals surface area contributed by atoms with Crippen molar-refractivity contribution in [3.8, 4) is 6.07 Å². The van der Waals surface area contributed by atoms with Gasteiger partial charge >= 0.3 is 5.97 Å². The third kappa shape index (κ3) is 3.60. The summed E-state index contributed by atoms with van der Waals surface area (Å²) in [7, 11) is 0. The molecule has 0 radical (unpaired) electrons. The van der Waals surface area contributed by atoms with Crippen LogP contribution >= 0.6 is 0 Å². The largest absolute Gasteiger partial charge is 0.463 e. The Morgan fingerprint density at radius 2 is 2.20 bits per heavy atom. The van der Waals surface area contributed by atoms with Crippen LogP contribution in [0.15, 0.2) is 12.3 Å². The van der Waals surface area contributed by atoms with Gasteiger partial charge in [-0.1, -0.05) is 0 Å². The summed E-state index contributed by atoms with van der Waals surface area (Å²) >= 11 is 0. The Bertz CT molecular complexity index is 530. The summed E-state index contributed by atoms with van der Waals surface area (Å²) in [5.41, 5.74) is 6.79. The Morgan fingerprint density at radius 3 is 2.75 bits per heavy atom. The van der Waals surface area contributed by atoms with Crippen LogP contribution in [0.25, 0.3) is 0 Å². The first-order valence-electron chi connectivity index (χ1n) is 6.68. The Hall–Kier alpha value is -2.29. The molecule has 1 heterocycles. The van der Waals surface area contributed by atoms with E-state index in [0.29, 0.717) is 17.1 Å². The molecular formula is C14H18N4O2. The Labute approximate surface area is 117 Å². The molecular weight excluding hydrogens is 256 g/mol. The van der Waals surface area contributed by atoms with Crippen LogP contribution in [0.4, 0.5) is 11.5 Å². The molecule has 0 aromatic carbocycles. The van der Waals surface area contributed by atoms with E-state index in [1.54, 1.807) is 6.07 Å². The molecule has 106 valence electrons. The highest BCUT2D eigenvalue weighted by Crippen LogP contribution is 2.25. The number of nitrogen functional groups attached to an aromatic ring is 1. The van der Waals surface area contributed by atoms with Gasteiger partial charge in [-0.2, -0.15) is 5.26 Å². The predicted molar refractivity (Wildman–Crippen MR) is 74.8 cm³/mol. The van der Waals surface area contributed by atoms with Gasteiger partial charge in [0, 0.05) is 19.2 Å². The molecule has 0 spiro atoms. The molecule has 0 amide bonds. The van der Waals surface area contributed by atoms with Crippen LogP contribution in [0, 0.1) is 11.3 Å². The molecule has 1 aliphatic carbocycles. The first kappa shape index (κ1) is 14.1. The van der Waals surface area contributed by atoms with E-state index >= 15 is 0 Å². The van der Waals surface area contributed by atoms with Gasteiger partial charge in [-0.3, -0.25) is 4.79 Å². The smallest absolute Gasteiger partial charge is 0.302 e. The highest BCUT2D eigenvalue weighted by Gasteiger charge is 2.23. The van der Waals surface area contributed by atoms with Gasteiger partial charge in [0.2, 0.25) is 0 Å². The molecule has 0 aliphatic heterocycles. The quantitative estimate of drug-likeness (QED) is 0.815. The number of ether oxygens (including phenoxy) is 1. The van der Waals surface area contributed by atoms with Crippen molar-refractivity contribution in [3.05, 3.63) is 17.8 Å². The molecule has 1 fully saturated rings. The molecule has 2 rings (SSSR count). The van der Waals surface area contributed by atoms with Gasteiger partial charge in [0.05, 0.1) is 11.3 Å². The van der Waals surface area contributed by atoms with Crippen molar-refractivity contribution in [2.75, 3.05) is 11.1 Å². The van der Waals surface area contributed by atoms with E-state index in [2.05, 4.69) is 10.3 Å². The molecule has 0 bridgehead atoms. The summed E-state index contributed by atoms with van der Waals surface area (Å²) in [6.07, 6.45) is 5.01. The van der Waals surface area contributed by atoms with E-state index in [-0.39, 0.29) is 18.1 Å². The lowest BCUT2D eigenvalue weighted by Crippen LogP contribution is -2.31. The molecule has 1 aliphatic rings. The number of nitriles is 1. The zero-order valence-electron chi connectivity index (χ0n) is 11.4. The van der Waals surface area contributed by atoms with Crippen molar-refractivity contribution in [1.82, 2.24) is 4.98 Å². The zero-order valence-corrected chi connectivity index (χ0v) is 11.4. The van der Waals surface area contributed by atoms with E-state index in [0.717, 1.165) is 25.7 Å². The summed E-state index contributed by atoms with van der Waals surface area (Å²) in [6.45, 7) is 1.44. The second-order valence-corrected chi connectivity index (χ2v) is 5.00. The normalized spacial score (nSPS) is 21.8. The summed E-state index contributed by atoms with van der Waals surface area (Å²) in [4.78, 5) is 15.1. The van der Waals surface area contributed by atoms with Crippen LogP contribution in [0.1, 0.15) is 38.2 Å². The predicted octanol–water partition coefficient (Wildman–Crippen LogP) is 1.82. The lowest BCUT2D eigenvalue weighted by atomic mass is 9.93. The van der Waals surface area contributed by atoms with Gasteiger partial charge in [0.25, 0.3) is 0 Å². The number of esters is 1. The molecule has 0 atom stereocenters. The van der Waals surface area contributed by atoms with Gasteiger partial charge in [-0.25, -0.2) is 4.98 Å². The third-order valence-corrected chi connectivity index (χ3v) is 3.39. The topological polar surface area (TPSA) is 101 Å². The number of hydrogen-bond acceptors (Lipinski definition) is 6. The van der Waals surface area contributed by atoms with Crippen LogP contribution < -0.4 is 11.1 Å². The van der Waals surface area contributed by atoms with Gasteiger partial charge in [-0.15, -0.1) is 0 Å². The minimum atomic E-state index is -0.223. The number of aromatic nitrogens is 1. The molecule has 0 unspecified atom stereocenters. The number of pyridine rings is 1. The SMILES string of the molecule is CC(=O)O[C@H]1CC[C@H](Nc2ncc(C#N)cc2N)CC1. The maximum Gasteiger partial charge on any atom is 0.302 e. The van der Waals surface area contributed by atoms with Gasteiger partial charge in [0.15, 0.2) is 0 Å². The number of nitrogens with one attached hydrogen (secondary N) is 1. The fourth-order valence-corrected chi connectivity index (χ4v) is 2.42. The third-order valence-electron chi connectivity index (χ3n) is 3.39. The molecule has 6 nitrogen and oxygen atoms in total. The van der Waals surface area contributed by atoms with Crippen molar-refractivity contribution >= 4 is 17.5 Å². The average molecular weight is 274 g/mol. The maximum atomic E-state index is 10.9. The zero-order chi connectivity index (χ0) is 14.5. The highest BCUT2D eigenvalue weighted by molar-refractivity contribution is 5.66. The minimum absolute atomic E-state index is 0.0248. The van der Waals surface area contributed by atoms with Crippen molar-refractivity contribution in [3.63, 3.8) is 0 Å². The van der Waals surface area contributed by atoms with Gasteiger partial charge in [-0.05, 0) is 31.7 Å². The Balaban J connectivity index is 1.90. The van der Waals surface area contributed by atoms with E-state index in [9.17, 15) is 4.79 Å². The highest BCUT2D eigenvalue weighted by atomic mass is 16.5. The fourth-order valence-electron chi connectivity index (χ4n) is 2.42. The number of carbonyl (C=O) groups is 1. The first-order chi connectivity index (χ1) is 9.58. The molecule has 1 saturated carbocycles. The van der Waals surface area contributed by atoms with Crippen LogP contribution in [-0.2, 0) is 9.53 Å². The Kier molecular flexibility index (Phi) is 4.41. The molecule has 0 saturated heterocycles. The van der Waals surface area contributed by atoms with Gasteiger partial charge in [0.1, 0.15) is 18.0 Å².